The summed E-state index contributed by atoms with van der Waals surface area (Å²) in [6.45, 7) is 3.49. The van der Waals surface area contributed by atoms with Gasteiger partial charge in [0.1, 0.15) is 0 Å². The van der Waals surface area contributed by atoms with E-state index in [1.165, 1.54) is 47.4 Å². The molecule has 0 radical (unpaired) electrons. The minimum absolute atomic E-state index is 0.424. The molecule has 1 unspecified atom stereocenters. The Bertz CT molecular complexity index is 1060. The predicted octanol–water partition coefficient (Wildman–Crippen LogP) is 8.81. The summed E-state index contributed by atoms with van der Waals surface area (Å²) in [6.07, 6.45) is 4.99. The fourth-order valence-corrected chi connectivity index (χ4v) is 12.8. The van der Waals surface area contributed by atoms with Crippen LogP contribution >= 0.6 is 16.1 Å². The van der Waals surface area contributed by atoms with Crippen LogP contribution in [0.15, 0.2) is 121 Å². The van der Waals surface area contributed by atoms with E-state index in [0.29, 0.717) is 11.3 Å². The molecule has 5 rings (SSSR count). The van der Waals surface area contributed by atoms with Crippen molar-refractivity contribution in [3.8, 4) is 0 Å². The molecule has 1 aliphatic heterocycles. The van der Waals surface area contributed by atoms with Crippen LogP contribution in [0.2, 0.25) is 0 Å². The summed E-state index contributed by atoms with van der Waals surface area (Å²) in [7, 11) is -1.03. The smallest absolute Gasteiger partial charge is 0.0318 e. The fourth-order valence-electron chi connectivity index (χ4n) is 5.28. The third-order valence-corrected chi connectivity index (χ3v) is 13.4. The van der Waals surface area contributed by atoms with Crippen LogP contribution in [-0.4, -0.2) is 11.0 Å². The normalized spacial score (nSPS) is 19.9. The first-order valence-electron chi connectivity index (χ1n) is 12.9. The van der Waals surface area contributed by atoms with Crippen molar-refractivity contribution in [2.24, 2.45) is 0 Å². The molecule has 178 valence electrons. The molecule has 1 saturated heterocycles. The predicted molar refractivity (Wildman–Crippen MR) is 155 cm³/mol. The lowest BCUT2D eigenvalue weighted by Gasteiger charge is -2.42. The standard InChI is InChI=1S/C32H35NP2/c1-2-3-26-33(34(29-20-12-6-13-21-29)30-22-14-7-15-23-30)35-31(27-16-8-4-9-17-27)24-25-32(35)28-18-10-5-11-19-28/h4-23,31-32H,2-3,24-26H2,1H3/t31-,32+,35?. The molecular weight excluding hydrogens is 460 g/mol. The van der Waals surface area contributed by atoms with Gasteiger partial charge >= 0.3 is 0 Å². The van der Waals surface area contributed by atoms with Gasteiger partial charge in [0.2, 0.25) is 0 Å². The Hall–Kier alpha value is -2.30. The van der Waals surface area contributed by atoms with Gasteiger partial charge in [0.15, 0.2) is 0 Å². The number of hydrogen-bond acceptors (Lipinski definition) is 1. The summed E-state index contributed by atoms with van der Waals surface area (Å²) >= 11 is 0. The molecule has 0 aliphatic carbocycles. The lowest BCUT2D eigenvalue weighted by atomic mass is 10.0. The summed E-state index contributed by atoms with van der Waals surface area (Å²) in [6, 6.07) is 45.3. The Kier molecular flexibility index (Phi) is 8.43. The maximum Gasteiger partial charge on any atom is 0.0318 e. The van der Waals surface area contributed by atoms with E-state index in [0.717, 1.165) is 6.54 Å². The first-order valence-corrected chi connectivity index (χ1v) is 15.7. The van der Waals surface area contributed by atoms with E-state index in [-0.39, 0.29) is 0 Å². The molecule has 0 amide bonds. The van der Waals surface area contributed by atoms with Gasteiger partial charge in [-0.15, -0.1) is 0 Å². The van der Waals surface area contributed by atoms with Crippen molar-refractivity contribution in [1.82, 2.24) is 4.44 Å². The number of benzene rings is 4. The molecule has 0 N–H and O–H groups in total. The molecule has 35 heavy (non-hydrogen) atoms. The minimum Gasteiger partial charge on any atom is -0.251 e. The molecule has 1 fully saturated rings. The zero-order valence-corrected chi connectivity index (χ0v) is 22.4. The van der Waals surface area contributed by atoms with Crippen molar-refractivity contribution in [2.75, 3.05) is 6.54 Å². The molecule has 3 atom stereocenters. The first kappa shape index (κ1) is 24.4. The van der Waals surface area contributed by atoms with Gasteiger partial charge in [-0.3, -0.25) is 4.44 Å². The molecule has 0 saturated carbocycles. The zero-order chi connectivity index (χ0) is 23.9. The molecular formula is C32H35NP2. The van der Waals surface area contributed by atoms with Gasteiger partial charge in [-0.2, -0.15) is 0 Å². The Balaban J connectivity index is 1.65. The van der Waals surface area contributed by atoms with Crippen molar-refractivity contribution in [1.29, 1.82) is 0 Å². The third kappa shape index (κ3) is 5.59. The largest absolute Gasteiger partial charge is 0.251 e. The van der Waals surface area contributed by atoms with Crippen molar-refractivity contribution in [3.05, 3.63) is 132 Å². The Morgan fingerprint density at radius 2 is 1.03 bits per heavy atom. The molecule has 0 bridgehead atoms. The van der Waals surface area contributed by atoms with Crippen LogP contribution in [0.4, 0.5) is 0 Å². The molecule has 0 aromatic heterocycles. The molecule has 3 heteroatoms. The van der Waals surface area contributed by atoms with E-state index in [4.69, 9.17) is 0 Å². The molecule has 1 heterocycles. The van der Waals surface area contributed by atoms with E-state index in [1.807, 2.05) is 0 Å². The van der Waals surface area contributed by atoms with E-state index >= 15 is 0 Å². The highest BCUT2D eigenvalue weighted by Crippen LogP contribution is 2.76. The maximum atomic E-state index is 3.00. The highest BCUT2D eigenvalue weighted by atomic mass is 31.2. The Morgan fingerprint density at radius 3 is 1.43 bits per heavy atom. The third-order valence-electron chi connectivity index (χ3n) is 6.93. The summed E-state index contributed by atoms with van der Waals surface area (Å²) in [4.78, 5) is 0. The van der Waals surface area contributed by atoms with Gasteiger partial charge in [-0.25, -0.2) is 0 Å². The van der Waals surface area contributed by atoms with E-state index in [2.05, 4.69) is 133 Å². The molecule has 4 aromatic carbocycles. The summed E-state index contributed by atoms with van der Waals surface area (Å²) in [5.74, 6) is 0. The minimum atomic E-state index is -0.609. The number of rotatable bonds is 9. The average Bonchev–Trinajstić information content (AvgIpc) is 3.38. The van der Waals surface area contributed by atoms with Crippen LogP contribution < -0.4 is 10.6 Å². The topological polar surface area (TPSA) is 3.24 Å². The maximum absolute atomic E-state index is 3.00. The van der Waals surface area contributed by atoms with E-state index in [9.17, 15) is 0 Å². The SMILES string of the molecule is CCCCN(P(c1ccccc1)c1ccccc1)P1[C@@H](c2ccccc2)CC[C@H]1c1ccccc1. The monoisotopic (exact) mass is 495 g/mol. The Labute approximate surface area is 213 Å². The van der Waals surface area contributed by atoms with Gasteiger partial charge in [0, 0.05) is 25.9 Å². The van der Waals surface area contributed by atoms with Gasteiger partial charge in [0.05, 0.1) is 0 Å². The van der Waals surface area contributed by atoms with Crippen molar-refractivity contribution in [2.45, 2.75) is 43.9 Å². The van der Waals surface area contributed by atoms with Gasteiger partial charge in [-0.1, -0.05) is 135 Å². The van der Waals surface area contributed by atoms with Gasteiger partial charge in [0.25, 0.3) is 0 Å². The molecule has 1 nitrogen and oxygen atoms in total. The van der Waals surface area contributed by atoms with Crippen molar-refractivity contribution >= 4 is 26.8 Å². The summed E-state index contributed by atoms with van der Waals surface area (Å²) < 4.78 is 3.00. The van der Waals surface area contributed by atoms with Crippen LogP contribution in [0.5, 0.6) is 0 Å². The van der Waals surface area contributed by atoms with E-state index < -0.39 is 16.1 Å². The van der Waals surface area contributed by atoms with E-state index in [1.54, 1.807) is 0 Å². The summed E-state index contributed by atoms with van der Waals surface area (Å²) in [5, 5.41) is 2.94. The second kappa shape index (κ2) is 12.1. The number of hydrogen-bond donors (Lipinski definition) is 0. The second-order valence-electron chi connectivity index (χ2n) is 9.24. The first-order chi connectivity index (χ1) is 17.4. The lowest BCUT2D eigenvalue weighted by Crippen LogP contribution is -2.27. The zero-order valence-electron chi connectivity index (χ0n) is 20.6. The van der Waals surface area contributed by atoms with Gasteiger partial charge < -0.3 is 0 Å². The molecule has 0 spiro atoms. The number of unbranched alkanes of at least 4 members (excludes halogenated alkanes) is 1. The van der Waals surface area contributed by atoms with Crippen molar-refractivity contribution < 1.29 is 0 Å². The van der Waals surface area contributed by atoms with Crippen LogP contribution in [-0.2, 0) is 0 Å². The summed E-state index contributed by atoms with van der Waals surface area (Å²) in [5.41, 5.74) is 4.25. The quantitative estimate of drug-likeness (QED) is 0.210. The van der Waals surface area contributed by atoms with Crippen LogP contribution in [0.1, 0.15) is 55.1 Å². The highest BCUT2D eigenvalue weighted by molar-refractivity contribution is 7.79. The van der Waals surface area contributed by atoms with Crippen molar-refractivity contribution in [3.63, 3.8) is 0 Å². The Morgan fingerprint density at radius 1 is 0.629 bits per heavy atom. The second-order valence-corrected chi connectivity index (χ2v) is 14.2. The molecule has 4 aromatic rings. The number of nitrogens with zero attached hydrogens (tertiary/aromatic N) is 1. The highest BCUT2D eigenvalue weighted by Gasteiger charge is 2.43. The molecule has 1 aliphatic rings. The van der Waals surface area contributed by atoms with Crippen LogP contribution in [0.25, 0.3) is 0 Å². The van der Waals surface area contributed by atoms with Gasteiger partial charge in [-0.05, 0) is 49.1 Å². The average molecular weight is 496 g/mol. The van der Waals surface area contributed by atoms with Crippen LogP contribution in [0, 0.1) is 0 Å². The van der Waals surface area contributed by atoms with Crippen LogP contribution in [0.3, 0.4) is 0 Å². The fraction of sp³-hybridized carbons (Fsp3) is 0.250. The lowest BCUT2D eigenvalue weighted by molar-refractivity contribution is 0.632.